The van der Waals surface area contributed by atoms with Crippen LogP contribution in [-0.2, 0) is 6.42 Å². The molecule has 28 heavy (non-hydrogen) atoms. The van der Waals surface area contributed by atoms with Crippen molar-refractivity contribution in [2.75, 3.05) is 13.7 Å². The van der Waals surface area contributed by atoms with Gasteiger partial charge in [0.15, 0.2) is 5.69 Å². The van der Waals surface area contributed by atoms with Crippen molar-refractivity contribution >= 4 is 5.91 Å². The number of methoxy groups -OCH3 is 1. The van der Waals surface area contributed by atoms with Crippen molar-refractivity contribution in [1.82, 2.24) is 15.1 Å². The van der Waals surface area contributed by atoms with Crippen molar-refractivity contribution in [1.29, 1.82) is 0 Å². The zero-order valence-electron chi connectivity index (χ0n) is 16.3. The van der Waals surface area contributed by atoms with Crippen molar-refractivity contribution in [2.24, 2.45) is 0 Å². The summed E-state index contributed by atoms with van der Waals surface area (Å²) < 4.78 is 7.11. The number of amides is 1. The number of hydrogen-bond acceptors (Lipinski definition) is 3. The van der Waals surface area contributed by atoms with Gasteiger partial charge in [-0.05, 0) is 61.1 Å². The molecule has 3 aromatic rings. The number of nitrogens with one attached hydrogen (secondary N) is 1. The number of carbonyl (C=O) groups is 1. The van der Waals surface area contributed by atoms with Crippen LogP contribution in [0.4, 0.5) is 0 Å². The number of fused-ring (bicyclic) bond motifs is 1. The largest absolute Gasteiger partial charge is 0.494 e. The van der Waals surface area contributed by atoms with Crippen LogP contribution in [0.1, 0.15) is 45.9 Å². The smallest absolute Gasteiger partial charge is 0.271 e. The third kappa shape index (κ3) is 3.65. The normalized spacial score (nSPS) is 15.7. The molecule has 4 rings (SSSR count). The molecule has 2 aromatic carbocycles. The third-order valence-electron chi connectivity index (χ3n) is 5.41. The van der Waals surface area contributed by atoms with Crippen LogP contribution in [0.5, 0.6) is 5.75 Å². The van der Waals surface area contributed by atoms with Gasteiger partial charge in [0.05, 0.1) is 7.11 Å². The molecule has 1 amide bonds. The van der Waals surface area contributed by atoms with Crippen LogP contribution in [-0.4, -0.2) is 29.3 Å². The maximum atomic E-state index is 12.6. The molecule has 0 fully saturated rings. The number of aryl methyl sites for hydroxylation is 2. The van der Waals surface area contributed by atoms with Gasteiger partial charge >= 0.3 is 0 Å². The van der Waals surface area contributed by atoms with Crippen LogP contribution in [0.15, 0.2) is 54.7 Å². The van der Waals surface area contributed by atoms with Gasteiger partial charge in [-0.1, -0.05) is 30.3 Å². The average Bonchev–Trinajstić information content (AvgIpc) is 3.22. The van der Waals surface area contributed by atoms with E-state index in [1.54, 1.807) is 24.1 Å². The summed E-state index contributed by atoms with van der Waals surface area (Å²) in [4.78, 5) is 12.6. The van der Waals surface area contributed by atoms with Gasteiger partial charge in [-0.2, -0.15) is 5.10 Å². The van der Waals surface area contributed by atoms with E-state index < -0.39 is 0 Å². The first-order valence-corrected chi connectivity index (χ1v) is 9.72. The molecule has 0 saturated heterocycles. The molecule has 0 aliphatic heterocycles. The SMILES string of the molecule is COc1ccc(C)cc1-n1ccc(C(=O)NC[C@@H]2CCCc3ccccc32)n1. The summed E-state index contributed by atoms with van der Waals surface area (Å²) in [6.07, 6.45) is 5.19. The number of aromatic nitrogens is 2. The van der Waals surface area contributed by atoms with Crippen LogP contribution >= 0.6 is 0 Å². The molecule has 0 radical (unpaired) electrons. The van der Waals surface area contributed by atoms with Gasteiger partial charge in [0.2, 0.25) is 0 Å². The lowest BCUT2D eigenvalue weighted by Crippen LogP contribution is -2.30. The summed E-state index contributed by atoms with van der Waals surface area (Å²) in [6, 6.07) is 16.2. The number of ether oxygens (including phenoxy) is 1. The molecule has 1 aliphatic carbocycles. The highest BCUT2D eigenvalue weighted by Gasteiger charge is 2.21. The van der Waals surface area contributed by atoms with E-state index in [1.165, 1.54) is 17.5 Å². The topological polar surface area (TPSA) is 56.1 Å². The Labute approximate surface area is 165 Å². The Morgan fingerprint density at radius 1 is 1.25 bits per heavy atom. The first kappa shape index (κ1) is 18.3. The summed E-state index contributed by atoms with van der Waals surface area (Å²) in [7, 11) is 1.63. The minimum Gasteiger partial charge on any atom is -0.494 e. The Kier molecular flexibility index (Phi) is 5.15. The molecule has 0 saturated carbocycles. The number of rotatable bonds is 5. The lowest BCUT2D eigenvalue weighted by Gasteiger charge is -2.25. The Morgan fingerprint density at radius 2 is 2.11 bits per heavy atom. The molecular formula is C23H25N3O2. The van der Waals surface area contributed by atoms with E-state index in [2.05, 4.69) is 34.7 Å². The molecule has 1 aromatic heterocycles. The van der Waals surface area contributed by atoms with Gasteiger partial charge in [-0.15, -0.1) is 0 Å². The second-order valence-corrected chi connectivity index (χ2v) is 7.32. The maximum Gasteiger partial charge on any atom is 0.271 e. The molecule has 1 heterocycles. The van der Waals surface area contributed by atoms with E-state index in [0.717, 1.165) is 29.8 Å². The summed E-state index contributed by atoms with van der Waals surface area (Å²) in [5.74, 6) is 0.945. The molecule has 0 bridgehead atoms. The standard InChI is InChI=1S/C23H25N3O2/c1-16-10-11-22(28-2)21(14-16)26-13-12-20(25-26)23(27)24-15-18-8-5-7-17-6-3-4-9-19(17)18/h3-4,6,9-14,18H,5,7-8,15H2,1-2H3,(H,24,27)/t18-/m0/s1. The van der Waals surface area contributed by atoms with Crippen molar-refractivity contribution < 1.29 is 9.53 Å². The summed E-state index contributed by atoms with van der Waals surface area (Å²) in [6.45, 7) is 2.65. The molecule has 5 nitrogen and oxygen atoms in total. The van der Waals surface area contributed by atoms with Gasteiger partial charge in [0, 0.05) is 18.7 Å². The zero-order valence-corrected chi connectivity index (χ0v) is 16.3. The van der Waals surface area contributed by atoms with E-state index >= 15 is 0 Å². The van der Waals surface area contributed by atoms with Gasteiger partial charge in [0.25, 0.3) is 5.91 Å². The number of carbonyl (C=O) groups excluding carboxylic acids is 1. The van der Waals surface area contributed by atoms with Crippen LogP contribution in [0.3, 0.4) is 0 Å². The van der Waals surface area contributed by atoms with Crippen molar-refractivity contribution in [3.8, 4) is 11.4 Å². The molecule has 144 valence electrons. The molecule has 0 unspecified atom stereocenters. The van der Waals surface area contributed by atoms with E-state index in [0.29, 0.717) is 18.2 Å². The van der Waals surface area contributed by atoms with Crippen LogP contribution in [0.2, 0.25) is 0 Å². The molecule has 1 N–H and O–H groups in total. The fraction of sp³-hybridized carbons (Fsp3) is 0.304. The highest BCUT2D eigenvalue weighted by molar-refractivity contribution is 5.92. The fourth-order valence-electron chi connectivity index (χ4n) is 3.93. The quantitative estimate of drug-likeness (QED) is 0.732. The number of hydrogen-bond donors (Lipinski definition) is 1. The zero-order chi connectivity index (χ0) is 19.5. The highest BCUT2D eigenvalue weighted by Crippen LogP contribution is 2.31. The van der Waals surface area contributed by atoms with Crippen LogP contribution in [0, 0.1) is 6.92 Å². The third-order valence-corrected chi connectivity index (χ3v) is 5.41. The van der Waals surface area contributed by atoms with E-state index in [9.17, 15) is 4.79 Å². The minimum absolute atomic E-state index is 0.145. The molecule has 0 spiro atoms. The number of nitrogens with zero attached hydrogens (tertiary/aromatic N) is 2. The summed E-state index contributed by atoms with van der Waals surface area (Å²) >= 11 is 0. The van der Waals surface area contributed by atoms with Gasteiger partial charge in [0.1, 0.15) is 11.4 Å². The highest BCUT2D eigenvalue weighted by atomic mass is 16.5. The molecule has 1 atom stereocenters. The van der Waals surface area contributed by atoms with Crippen LogP contribution in [0.25, 0.3) is 5.69 Å². The molecule has 5 heteroatoms. The fourth-order valence-corrected chi connectivity index (χ4v) is 3.93. The lowest BCUT2D eigenvalue weighted by atomic mass is 9.83. The van der Waals surface area contributed by atoms with E-state index in [-0.39, 0.29) is 5.91 Å². The predicted molar refractivity (Wildman–Crippen MR) is 109 cm³/mol. The minimum atomic E-state index is -0.145. The lowest BCUT2D eigenvalue weighted by molar-refractivity contribution is 0.0945. The average molecular weight is 375 g/mol. The molecule has 1 aliphatic rings. The summed E-state index contributed by atoms with van der Waals surface area (Å²) in [5.41, 5.74) is 5.11. The van der Waals surface area contributed by atoms with Crippen molar-refractivity contribution in [3.63, 3.8) is 0 Å². The summed E-state index contributed by atoms with van der Waals surface area (Å²) in [5, 5.41) is 7.53. The first-order chi connectivity index (χ1) is 13.7. The Morgan fingerprint density at radius 3 is 2.96 bits per heavy atom. The van der Waals surface area contributed by atoms with Crippen LogP contribution < -0.4 is 10.1 Å². The monoisotopic (exact) mass is 375 g/mol. The molecular weight excluding hydrogens is 350 g/mol. The maximum absolute atomic E-state index is 12.6. The number of benzene rings is 2. The van der Waals surface area contributed by atoms with Crippen molar-refractivity contribution in [2.45, 2.75) is 32.1 Å². The van der Waals surface area contributed by atoms with E-state index in [1.807, 2.05) is 25.1 Å². The second kappa shape index (κ2) is 7.89. The van der Waals surface area contributed by atoms with Gasteiger partial charge in [-0.25, -0.2) is 4.68 Å². The Balaban J connectivity index is 1.47. The Hall–Kier alpha value is -3.08. The second-order valence-electron chi connectivity index (χ2n) is 7.32. The van der Waals surface area contributed by atoms with Gasteiger partial charge in [-0.3, -0.25) is 4.79 Å². The predicted octanol–water partition coefficient (Wildman–Crippen LogP) is 4.04. The van der Waals surface area contributed by atoms with E-state index in [4.69, 9.17) is 4.74 Å². The van der Waals surface area contributed by atoms with Crippen molar-refractivity contribution in [3.05, 3.63) is 77.1 Å². The van der Waals surface area contributed by atoms with Gasteiger partial charge < -0.3 is 10.1 Å². The Bertz CT molecular complexity index is 993. The first-order valence-electron chi connectivity index (χ1n) is 9.72.